The van der Waals surface area contributed by atoms with Crippen molar-refractivity contribution in [3.05, 3.63) is 0 Å². The van der Waals surface area contributed by atoms with Crippen LogP contribution in [-0.2, 0) is 0 Å². The molecule has 8 N–H and O–H groups in total. The standard InChI is InChI=1S/C4H10O3.C2H8N2O/c5-1-4(2-6)3-7;3-1-2(4)5/h4-7H,1-3H2;2,5H,1,3-4H2. The zero-order valence-electron chi connectivity index (χ0n) is 6.93. The first-order valence-corrected chi connectivity index (χ1v) is 3.58. The maximum atomic E-state index is 8.21. The molecule has 0 bridgehead atoms. The highest BCUT2D eigenvalue weighted by molar-refractivity contribution is 4.49. The molecule has 0 aliphatic carbocycles. The number of hydrogen-bond acceptors (Lipinski definition) is 6. The molecule has 1 unspecified atom stereocenters. The average Bonchev–Trinajstić information content (AvgIpc) is 2.09. The van der Waals surface area contributed by atoms with Crippen molar-refractivity contribution < 1.29 is 20.4 Å². The number of nitrogens with two attached hydrogens (primary N) is 2. The van der Waals surface area contributed by atoms with E-state index in [0.717, 1.165) is 0 Å². The molecule has 0 radical (unpaired) electrons. The van der Waals surface area contributed by atoms with Gasteiger partial charge in [-0.15, -0.1) is 0 Å². The van der Waals surface area contributed by atoms with Crippen LogP contribution >= 0.6 is 0 Å². The first-order chi connectivity index (χ1) is 5.62. The summed E-state index contributed by atoms with van der Waals surface area (Å²) in [5.41, 5.74) is 9.52. The summed E-state index contributed by atoms with van der Waals surface area (Å²) in [4.78, 5) is 0. The Labute approximate surface area is 71.4 Å². The molecule has 0 fully saturated rings. The zero-order valence-corrected chi connectivity index (χ0v) is 6.93. The smallest absolute Gasteiger partial charge is 0.114 e. The van der Waals surface area contributed by atoms with Crippen LogP contribution in [0.5, 0.6) is 0 Å². The highest BCUT2D eigenvalue weighted by Crippen LogP contribution is 1.87. The molecule has 12 heavy (non-hydrogen) atoms. The van der Waals surface area contributed by atoms with Crippen LogP contribution in [0.2, 0.25) is 0 Å². The third-order valence-electron chi connectivity index (χ3n) is 1.02. The zero-order chi connectivity index (χ0) is 9.98. The third kappa shape index (κ3) is 12.4. The molecule has 76 valence electrons. The lowest BCUT2D eigenvalue weighted by Gasteiger charge is -2.02. The molecule has 0 aliphatic heterocycles. The summed E-state index contributed by atoms with van der Waals surface area (Å²) in [6.45, 7) is -0.299. The average molecular weight is 182 g/mol. The van der Waals surface area contributed by atoms with Crippen LogP contribution in [0.3, 0.4) is 0 Å². The second-order valence-electron chi connectivity index (χ2n) is 2.22. The van der Waals surface area contributed by atoms with Crippen molar-refractivity contribution in [3.8, 4) is 0 Å². The molecule has 0 amide bonds. The molecular formula is C6H18N2O4. The van der Waals surface area contributed by atoms with E-state index in [2.05, 4.69) is 0 Å². The van der Waals surface area contributed by atoms with E-state index in [9.17, 15) is 0 Å². The summed E-state index contributed by atoms with van der Waals surface area (Å²) < 4.78 is 0. The van der Waals surface area contributed by atoms with Crippen molar-refractivity contribution in [2.45, 2.75) is 6.23 Å². The third-order valence-corrected chi connectivity index (χ3v) is 1.02. The van der Waals surface area contributed by atoms with Gasteiger partial charge in [0.05, 0.1) is 19.8 Å². The van der Waals surface area contributed by atoms with Crippen LogP contribution in [0, 0.1) is 5.92 Å². The Morgan fingerprint density at radius 2 is 1.25 bits per heavy atom. The molecule has 0 rings (SSSR count). The van der Waals surface area contributed by atoms with E-state index >= 15 is 0 Å². The molecule has 0 aromatic rings. The molecular weight excluding hydrogens is 164 g/mol. The normalized spacial score (nSPS) is 12.2. The van der Waals surface area contributed by atoms with Crippen molar-refractivity contribution in [2.75, 3.05) is 26.4 Å². The number of aliphatic hydroxyl groups is 4. The van der Waals surface area contributed by atoms with Crippen LogP contribution in [0.4, 0.5) is 0 Å². The van der Waals surface area contributed by atoms with Crippen LogP contribution < -0.4 is 11.5 Å². The molecule has 6 heteroatoms. The van der Waals surface area contributed by atoms with Gasteiger partial charge in [-0.25, -0.2) is 0 Å². The lowest BCUT2D eigenvalue weighted by molar-refractivity contribution is 0.0969. The fourth-order valence-electron chi connectivity index (χ4n) is 0.173. The topological polar surface area (TPSA) is 133 Å². The van der Waals surface area contributed by atoms with Crippen LogP contribution in [0.15, 0.2) is 0 Å². The van der Waals surface area contributed by atoms with Gasteiger partial charge in [0.2, 0.25) is 0 Å². The van der Waals surface area contributed by atoms with Gasteiger partial charge in [-0.2, -0.15) is 0 Å². The molecule has 6 nitrogen and oxygen atoms in total. The van der Waals surface area contributed by atoms with Crippen molar-refractivity contribution in [1.82, 2.24) is 0 Å². The van der Waals surface area contributed by atoms with E-state index < -0.39 is 6.23 Å². The summed E-state index contributed by atoms with van der Waals surface area (Å²) in [6.07, 6.45) is -0.838. The van der Waals surface area contributed by atoms with E-state index in [4.69, 9.17) is 31.9 Å². The second-order valence-corrected chi connectivity index (χ2v) is 2.22. The summed E-state index contributed by atoms with van der Waals surface area (Å²) in [6, 6.07) is 0. The highest BCUT2D eigenvalue weighted by Gasteiger charge is 2.00. The fraction of sp³-hybridized carbons (Fsp3) is 1.00. The minimum atomic E-state index is -0.838. The van der Waals surface area contributed by atoms with E-state index in [1.807, 2.05) is 0 Å². The first-order valence-electron chi connectivity index (χ1n) is 3.58. The Balaban J connectivity index is 0. The predicted octanol–water partition coefficient (Wildman–Crippen LogP) is -3.20. The van der Waals surface area contributed by atoms with Gasteiger partial charge in [-0.3, -0.25) is 0 Å². The van der Waals surface area contributed by atoms with Gasteiger partial charge < -0.3 is 31.9 Å². The molecule has 1 atom stereocenters. The SMILES string of the molecule is NCC(N)O.OCC(CO)CO. The van der Waals surface area contributed by atoms with E-state index in [-0.39, 0.29) is 32.3 Å². The van der Waals surface area contributed by atoms with Crippen molar-refractivity contribution >= 4 is 0 Å². The molecule has 0 heterocycles. The highest BCUT2D eigenvalue weighted by atomic mass is 16.3. The summed E-state index contributed by atoms with van der Waals surface area (Å²) in [5.74, 6) is -0.347. The van der Waals surface area contributed by atoms with Gasteiger partial charge in [0, 0.05) is 12.5 Å². The van der Waals surface area contributed by atoms with E-state index in [1.54, 1.807) is 0 Å². The second kappa shape index (κ2) is 10.8. The maximum absolute atomic E-state index is 8.21. The van der Waals surface area contributed by atoms with Gasteiger partial charge in [0.25, 0.3) is 0 Å². The lowest BCUT2D eigenvalue weighted by Crippen LogP contribution is -2.28. The monoisotopic (exact) mass is 182 g/mol. The van der Waals surface area contributed by atoms with Gasteiger partial charge in [-0.1, -0.05) is 0 Å². The Bertz CT molecular complexity index is 72.4. The minimum absolute atomic E-state index is 0.139. The summed E-state index contributed by atoms with van der Waals surface area (Å²) in [7, 11) is 0. The summed E-state index contributed by atoms with van der Waals surface area (Å²) >= 11 is 0. The molecule has 0 spiro atoms. The predicted molar refractivity (Wildman–Crippen MR) is 44.0 cm³/mol. The van der Waals surface area contributed by atoms with Gasteiger partial charge in [0.1, 0.15) is 6.23 Å². The Morgan fingerprint density at radius 1 is 1.00 bits per heavy atom. The molecule has 0 saturated carbocycles. The Morgan fingerprint density at radius 3 is 1.25 bits per heavy atom. The van der Waals surface area contributed by atoms with Gasteiger partial charge in [0.15, 0.2) is 0 Å². The van der Waals surface area contributed by atoms with Gasteiger partial charge >= 0.3 is 0 Å². The van der Waals surface area contributed by atoms with Crippen LogP contribution in [0.1, 0.15) is 0 Å². The van der Waals surface area contributed by atoms with E-state index in [1.165, 1.54) is 0 Å². The number of aliphatic hydroxyl groups excluding tert-OH is 4. The molecule has 0 aromatic heterocycles. The molecule has 0 saturated heterocycles. The fourth-order valence-corrected chi connectivity index (χ4v) is 0.173. The summed E-state index contributed by atoms with van der Waals surface area (Å²) in [5, 5.41) is 32.6. The van der Waals surface area contributed by atoms with Crippen molar-refractivity contribution in [3.63, 3.8) is 0 Å². The van der Waals surface area contributed by atoms with Gasteiger partial charge in [-0.05, 0) is 0 Å². The van der Waals surface area contributed by atoms with Crippen LogP contribution in [-0.4, -0.2) is 53.0 Å². The number of hydrogen-bond donors (Lipinski definition) is 6. The lowest BCUT2D eigenvalue weighted by atomic mass is 10.2. The Kier molecular flexibility index (Phi) is 12.8. The van der Waals surface area contributed by atoms with Crippen LogP contribution in [0.25, 0.3) is 0 Å². The first kappa shape index (κ1) is 14.3. The minimum Gasteiger partial charge on any atom is -0.396 e. The van der Waals surface area contributed by atoms with Crippen molar-refractivity contribution in [2.24, 2.45) is 17.4 Å². The maximum Gasteiger partial charge on any atom is 0.114 e. The molecule has 0 aliphatic rings. The molecule has 0 aromatic carbocycles. The number of rotatable bonds is 4. The quantitative estimate of drug-likeness (QED) is 0.254. The van der Waals surface area contributed by atoms with Crippen molar-refractivity contribution in [1.29, 1.82) is 0 Å². The Hall–Kier alpha value is -0.240. The largest absolute Gasteiger partial charge is 0.396 e. The van der Waals surface area contributed by atoms with E-state index in [0.29, 0.717) is 0 Å².